The standard InChI is InChI=1S/C26H34N2O5/c1-5-32-24-17-20(13-14-23(24)33-18-25(29)28-15-9-6-10-16-28)26(30)27(3)19(2)21-11-7-8-12-22(21)31-4/h7-8,11-14,17,19H,5-6,9-10,15-16,18H2,1-4H3. The predicted molar refractivity (Wildman–Crippen MR) is 127 cm³/mol. The molecule has 1 unspecified atom stereocenters. The number of benzene rings is 2. The van der Waals surface area contributed by atoms with Crippen molar-refractivity contribution >= 4 is 11.8 Å². The maximum Gasteiger partial charge on any atom is 0.260 e. The molecule has 0 bridgehead atoms. The molecule has 0 radical (unpaired) electrons. The van der Waals surface area contributed by atoms with Gasteiger partial charge >= 0.3 is 0 Å². The average molecular weight is 455 g/mol. The fourth-order valence-electron chi connectivity index (χ4n) is 4.00. The Morgan fingerprint density at radius 2 is 1.73 bits per heavy atom. The Morgan fingerprint density at radius 1 is 1.00 bits per heavy atom. The van der Waals surface area contributed by atoms with Gasteiger partial charge in [-0.25, -0.2) is 0 Å². The van der Waals surface area contributed by atoms with Crippen molar-refractivity contribution in [2.75, 3.05) is 40.5 Å². The number of amides is 2. The van der Waals surface area contributed by atoms with Crippen LogP contribution in [-0.4, -0.2) is 62.1 Å². The van der Waals surface area contributed by atoms with Gasteiger partial charge in [0.1, 0.15) is 5.75 Å². The van der Waals surface area contributed by atoms with Crippen LogP contribution in [0.1, 0.15) is 55.1 Å². The van der Waals surface area contributed by atoms with E-state index in [0.29, 0.717) is 23.7 Å². The molecule has 2 aromatic carbocycles. The van der Waals surface area contributed by atoms with E-state index in [-0.39, 0.29) is 24.5 Å². The van der Waals surface area contributed by atoms with E-state index in [9.17, 15) is 9.59 Å². The lowest BCUT2D eigenvalue weighted by molar-refractivity contribution is -0.134. The van der Waals surface area contributed by atoms with Crippen molar-refractivity contribution < 1.29 is 23.8 Å². The normalized spacial score (nSPS) is 14.4. The zero-order valence-electron chi connectivity index (χ0n) is 20.0. The minimum atomic E-state index is -0.192. The van der Waals surface area contributed by atoms with Crippen LogP contribution in [0.4, 0.5) is 0 Å². The lowest BCUT2D eigenvalue weighted by atomic mass is 10.0. The molecule has 7 heteroatoms. The van der Waals surface area contributed by atoms with Crippen LogP contribution in [0.2, 0.25) is 0 Å². The fraction of sp³-hybridized carbons (Fsp3) is 0.462. The minimum Gasteiger partial charge on any atom is -0.496 e. The van der Waals surface area contributed by atoms with Gasteiger partial charge in [-0.15, -0.1) is 0 Å². The van der Waals surface area contributed by atoms with E-state index in [1.807, 2.05) is 43.0 Å². The highest BCUT2D eigenvalue weighted by Crippen LogP contribution is 2.32. The molecule has 33 heavy (non-hydrogen) atoms. The van der Waals surface area contributed by atoms with Crippen LogP contribution < -0.4 is 14.2 Å². The highest BCUT2D eigenvalue weighted by Gasteiger charge is 2.23. The first-order chi connectivity index (χ1) is 16.0. The average Bonchev–Trinajstić information content (AvgIpc) is 2.87. The number of nitrogens with zero attached hydrogens (tertiary/aromatic N) is 2. The number of likely N-dealkylation sites (tertiary alicyclic amines) is 1. The molecule has 1 aliphatic heterocycles. The van der Waals surface area contributed by atoms with Crippen LogP contribution in [0.3, 0.4) is 0 Å². The lowest BCUT2D eigenvalue weighted by Gasteiger charge is -2.27. The summed E-state index contributed by atoms with van der Waals surface area (Å²) in [5.41, 5.74) is 1.41. The second-order valence-electron chi connectivity index (χ2n) is 8.16. The van der Waals surface area contributed by atoms with Crippen molar-refractivity contribution in [3.05, 3.63) is 53.6 Å². The summed E-state index contributed by atoms with van der Waals surface area (Å²) in [4.78, 5) is 29.2. The molecule has 1 atom stereocenters. The SMILES string of the molecule is CCOc1cc(C(=O)N(C)C(C)c2ccccc2OC)ccc1OCC(=O)N1CCCCC1. The van der Waals surface area contributed by atoms with Crippen LogP contribution in [0, 0.1) is 0 Å². The Labute approximate surface area is 196 Å². The van der Waals surface area contributed by atoms with Gasteiger partial charge in [-0.05, 0) is 57.4 Å². The summed E-state index contributed by atoms with van der Waals surface area (Å²) in [6, 6.07) is 12.6. The van der Waals surface area contributed by atoms with E-state index in [1.165, 1.54) is 6.42 Å². The van der Waals surface area contributed by atoms with E-state index in [1.54, 1.807) is 37.3 Å². The largest absolute Gasteiger partial charge is 0.496 e. The van der Waals surface area contributed by atoms with Crippen molar-refractivity contribution in [2.45, 2.75) is 39.2 Å². The van der Waals surface area contributed by atoms with E-state index >= 15 is 0 Å². The van der Waals surface area contributed by atoms with E-state index < -0.39 is 0 Å². The molecule has 2 aromatic rings. The second-order valence-corrected chi connectivity index (χ2v) is 8.16. The number of rotatable bonds is 9. The minimum absolute atomic E-state index is 0.0253. The fourth-order valence-corrected chi connectivity index (χ4v) is 4.00. The van der Waals surface area contributed by atoms with Crippen molar-refractivity contribution in [1.29, 1.82) is 0 Å². The number of carbonyl (C=O) groups excluding carboxylic acids is 2. The molecule has 7 nitrogen and oxygen atoms in total. The topological polar surface area (TPSA) is 68.3 Å². The van der Waals surface area contributed by atoms with Gasteiger partial charge in [0.25, 0.3) is 11.8 Å². The third-order valence-electron chi connectivity index (χ3n) is 6.04. The third-order valence-corrected chi connectivity index (χ3v) is 6.04. The number of piperidine rings is 1. The monoisotopic (exact) mass is 454 g/mol. The molecule has 0 N–H and O–H groups in total. The molecule has 1 heterocycles. The van der Waals surface area contributed by atoms with Gasteiger partial charge in [-0.3, -0.25) is 9.59 Å². The van der Waals surface area contributed by atoms with Crippen molar-refractivity contribution in [3.63, 3.8) is 0 Å². The van der Waals surface area contributed by atoms with Crippen LogP contribution in [-0.2, 0) is 4.79 Å². The maximum atomic E-state index is 13.2. The zero-order chi connectivity index (χ0) is 23.8. The van der Waals surface area contributed by atoms with Gasteiger partial charge in [-0.1, -0.05) is 18.2 Å². The first kappa shape index (κ1) is 24.4. The first-order valence-corrected chi connectivity index (χ1v) is 11.5. The van der Waals surface area contributed by atoms with Gasteiger partial charge in [0.2, 0.25) is 0 Å². The summed E-state index contributed by atoms with van der Waals surface area (Å²) < 4.78 is 17.0. The molecule has 2 amide bonds. The third kappa shape index (κ3) is 5.97. The van der Waals surface area contributed by atoms with Gasteiger partial charge in [0, 0.05) is 31.3 Å². The Kier molecular flexibility index (Phi) is 8.58. The number of carbonyl (C=O) groups is 2. The Hall–Kier alpha value is -3.22. The quantitative estimate of drug-likeness (QED) is 0.565. The van der Waals surface area contributed by atoms with Gasteiger partial charge < -0.3 is 24.0 Å². The number of para-hydroxylation sites is 1. The number of hydrogen-bond acceptors (Lipinski definition) is 5. The van der Waals surface area contributed by atoms with Crippen LogP contribution in [0.25, 0.3) is 0 Å². The summed E-state index contributed by atoms with van der Waals surface area (Å²) in [7, 11) is 3.39. The van der Waals surface area contributed by atoms with Gasteiger partial charge in [-0.2, -0.15) is 0 Å². The van der Waals surface area contributed by atoms with Crippen LogP contribution >= 0.6 is 0 Å². The second kappa shape index (κ2) is 11.6. The van der Waals surface area contributed by atoms with Crippen molar-refractivity contribution in [2.24, 2.45) is 0 Å². The molecule has 0 aliphatic carbocycles. The molecule has 178 valence electrons. The van der Waals surface area contributed by atoms with E-state index in [2.05, 4.69) is 0 Å². The summed E-state index contributed by atoms with van der Waals surface area (Å²) in [5.74, 6) is 1.47. The summed E-state index contributed by atoms with van der Waals surface area (Å²) in [5, 5.41) is 0. The van der Waals surface area contributed by atoms with E-state index in [4.69, 9.17) is 14.2 Å². The molecule has 0 spiro atoms. The smallest absolute Gasteiger partial charge is 0.260 e. The lowest BCUT2D eigenvalue weighted by Crippen LogP contribution is -2.38. The molecular weight excluding hydrogens is 420 g/mol. The molecule has 3 rings (SSSR count). The predicted octanol–water partition coefficient (Wildman–Crippen LogP) is 4.32. The Bertz CT molecular complexity index is 955. The summed E-state index contributed by atoms with van der Waals surface area (Å²) >= 11 is 0. The highest BCUT2D eigenvalue weighted by molar-refractivity contribution is 5.95. The van der Waals surface area contributed by atoms with Crippen LogP contribution in [0.5, 0.6) is 17.2 Å². The maximum absolute atomic E-state index is 13.2. The molecule has 1 fully saturated rings. The Morgan fingerprint density at radius 3 is 2.42 bits per heavy atom. The molecular formula is C26H34N2O5. The van der Waals surface area contributed by atoms with Crippen LogP contribution in [0.15, 0.2) is 42.5 Å². The zero-order valence-corrected chi connectivity index (χ0v) is 20.0. The summed E-state index contributed by atoms with van der Waals surface area (Å²) in [6.45, 7) is 5.77. The van der Waals surface area contributed by atoms with Gasteiger partial charge in [0.15, 0.2) is 18.1 Å². The van der Waals surface area contributed by atoms with Crippen molar-refractivity contribution in [1.82, 2.24) is 9.80 Å². The molecule has 1 aliphatic rings. The molecule has 0 saturated carbocycles. The highest BCUT2D eigenvalue weighted by atomic mass is 16.5. The molecule has 1 saturated heterocycles. The number of ether oxygens (including phenoxy) is 3. The van der Waals surface area contributed by atoms with E-state index in [0.717, 1.165) is 37.2 Å². The number of hydrogen-bond donors (Lipinski definition) is 0. The first-order valence-electron chi connectivity index (χ1n) is 11.5. The summed E-state index contributed by atoms with van der Waals surface area (Å²) in [6.07, 6.45) is 3.24. The van der Waals surface area contributed by atoms with Crippen molar-refractivity contribution in [3.8, 4) is 17.2 Å². The number of methoxy groups -OCH3 is 1. The van der Waals surface area contributed by atoms with Gasteiger partial charge in [0.05, 0.1) is 19.8 Å². The molecule has 0 aromatic heterocycles. The Balaban J connectivity index is 1.73.